The molecule has 1 aliphatic rings. The normalized spacial score (nSPS) is 21.7. The van der Waals surface area contributed by atoms with Crippen LogP contribution in [0.25, 0.3) is 0 Å². The third kappa shape index (κ3) is 5.01. The van der Waals surface area contributed by atoms with Crippen LogP contribution in [-0.2, 0) is 22.4 Å². The van der Waals surface area contributed by atoms with Crippen LogP contribution in [0.3, 0.4) is 0 Å². The van der Waals surface area contributed by atoms with Crippen LogP contribution < -0.4 is 0 Å². The molecule has 0 aromatic heterocycles. The molecule has 0 unspecified atom stereocenters. The van der Waals surface area contributed by atoms with Gasteiger partial charge in [-0.15, -0.1) is 0 Å². The highest BCUT2D eigenvalue weighted by atomic mass is 19.1. The maximum atomic E-state index is 12.9. The largest absolute Gasteiger partial charge is 0.481 e. The second kappa shape index (κ2) is 9.18. The van der Waals surface area contributed by atoms with Gasteiger partial charge in [-0.3, -0.25) is 9.59 Å². The van der Waals surface area contributed by atoms with Gasteiger partial charge in [0.25, 0.3) is 0 Å². The van der Waals surface area contributed by atoms with Gasteiger partial charge in [0.05, 0.1) is 6.10 Å². The van der Waals surface area contributed by atoms with E-state index >= 15 is 0 Å². The zero-order valence-electron chi connectivity index (χ0n) is 16.3. The summed E-state index contributed by atoms with van der Waals surface area (Å²) in [5.74, 6) is -1.41. The summed E-state index contributed by atoms with van der Waals surface area (Å²) in [6.07, 6.45) is 0.901. The molecule has 3 rings (SSSR count). The summed E-state index contributed by atoms with van der Waals surface area (Å²) < 4.78 is 12.9. The molecule has 2 N–H and O–H groups in total. The van der Waals surface area contributed by atoms with Crippen molar-refractivity contribution in [2.45, 2.75) is 38.2 Å². The molecule has 1 fully saturated rings. The summed E-state index contributed by atoms with van der Waals surface area (Å²) in [5.41, 5.74) is 0.533. The Bertz CT molecular complexity index is 840. The second-order valence-electron chi connectivity index (χ2n) is 7.71. The summed E-state index contributed by atoms with van der Waals surface area (Å²) in [5, 5.41) is 20.5. The van der Waals surface area contributed by atoms with E-state index in [1.165, 1.54) is 12.1 Å². The number of aliphatic hydroxyl groups excluding tert-OH is 1. The zero-order chi connectivity index (χ0) is 20.9. The van der Waals surface area contributed by atoms with E-state index in [1.54, 1.807) is 17.0 Å². The van der Waals surface area contributed by atoms with E-state index in [-0.39, 0.29) is 31.1 Å². The number of benzene rings is 2. The van der Waals surface area contributed by atoms with E-state index in [0.717, 1.165) is 11.1 Å². The van der Waals surface area contributed by atoms with Crippen LogP contribution in [0.15, 0.2) is 54.6 Å². The molecule has 154 valence electrons. The molecule has 1 amide bonds. The Labute approximate surface area is 169 Å². The van der Waals surface area contributed by atoms with Crippen molar-refractivity contribution in [3.63, 3.8) is 0 Å². The van der Waals surface area contributed by atoms with Crippen LogP contribution in [0.5, 0.6) is 0 Å². The third-order valence-electron chi connectivity index (χ3n) is 5.77. The van der Waals surface area contributed by atoms with E-state index in [4.69, 9.17) is 0 Å². The van der Waals surface area contributed by atoms with Gasteiger partial charge in [-0.25, -0.2) is 4.39 Å². The standard InChI is InChI=1S/C23H26FNO4/c24-19-11-9-17(10-12-19)7-4-8-21(27)25-14-13-23(22(28)29,20(26)16-25)15-18-5-2-1-3-6-18/h1-3,5-6,9-12,20,26H,4,7-8,13-16H2,(H,28,29)/t20-,23+/m0/s1. The number of carbonyl (C=O) groups excluding carboxylic acids is 1. The lowest BCUT2D eigenvalue weighted by Crippen LogP contribution is -2.57. The molecule has 29 heavy (non-hydrogen) atoms. The molecule has 0 bridgehead atoms. The zero-order valence-corrected chi connectivity index (χ0v) is 16.3. The number of rotatable bonds is 7. The number of aliphatic hydroxyl groups is 1. The van der Waals surface area contributed by atoms with Gasteiger partial charge in [-0.05, 0) is 48.9 Å². The maximum Gasteiger partial charge on any atom is 0.312 e. The van der Waals surface area contributed by atoms with Gasteiger partial charge in [-0.2, -0.15) is 0 Å². The van der Waals surface area contributed by atoms with E-state index in [9.17, 15) is 24.2 Å². The molecule has 0 saturated carbocycles. The summed E-state index contributed by atoms with van der Waals surface area (Å²) in [6, 6.07) is 15.5. The van der Waals surface area contributed by atoms with E-state index in [0.29, 0.717) is 25.8 Å². The first-order valence-electron chi connectivity index (χ1n) is 9.88. The van der Waals surface area contributed by atoms with Crippen molar-refractivity contribution in [2.24, 2.45) is 5.41 Å². The van der Waals surface area contributed by atoms with Crippen molar-refractivity contribution in [2.75, 3.05) is 13.1 Å². The highest BCUT2D eigenvalue weighted by Gasteiger charge is 2.49. The number of amides is 1. The Morgan fingerprint density at radius 2 is 1.76 bits per heavy atom. The van der Waals surface area contributed by atoms with E-state index < -0.39 is 17.5 Å². The molecule has 0 radical (unpaired) electrons. The van der Waals surface area contributed by atoms with Gasteiger partial charge in [0.1, 0.15) is 11.2 Å². The molecule has 2 aromatic carbocycles. The fourth-order valence-corrected chi connectivity index (χ4v) is 3.95. The van der Waals surface area contributed by atoms with Crippen LogP contribution in [0.2, 0.25) is 0 Å². The minimum Gasteiger partial charge on any atom is -0.481 e. The molecule has 0 spiro atoms. The monoisotopic (exact) mass is 399 g/mol. The fourth-order valence-electron chi connectivity index (χ4n) is 3.95. The lowest BCUT2D eigenvalue weighted by molar-refractivity contribution is -0.166. The minimum atomic E-state index is -1.29. The Morgan fingerprint density at radius 1 is 1.07 bits per heavy atom. The van der Waals surface area contributed by atoms with Crippen molar-refractivity contribution in [1.82, 2.24) is 4.90 Å². The number of halogens is 1. The van der Waals surface area contributed by atoms with Crippen LogP contribution in [0.4, 0.5) is 4.39 Å². The SMILES string of the molecule is O=C(CCCc1ccc(F)cc1)N1CC[C@](Cc2ccccc2)(C(=O)O)[C@@H](O)C1. The lowest BCUT2D eigenvalue weighted by Gasteiger charge is -2.43. The second-order valence-corrected chi connectivity index (χ2v) is 7.71. The molecule has 1 heterocycles. The Kier molecular flexibility index (Phi) is 6.64. The smallest absolute Gasteiger partial charge is 0.312 e. The van der Waals surface area contributed by atoms with Gasteiger partial charge < -0.3 is 15.1 Å². The molecule has 6 heteroatoms. The van der Waals surface area contributed by atoms with Crippen molar-refractivity contribution >= 4 is 11.9 Å². The Morgan fingerprint density at radius 3 is 2.38 bits per heavy atom. The number of aliphatic carboxylic acids is 1. The molecule has 1 aliphatic heterocycles. The first-order valence-corrected chi connectivity index (χ1v) is 9.88. The van der Waals surface area contributed by atoms with Gasteiger partial charge in [-0.1, -0.05) is 42.5 Å². The Hall–Kier alpha value is -2.73. The molecular formula is C23H26FNO4. The van der Waals surface area contributed by atoms with Gasteiger partial charge in [0.15, 0.2) is 0 Å². The number of likely N-dealkylation sites (tertiary alicyclic amines) is 1. The number of aryl methyl sites for hydroxylation is 1. The molecule has 2 atom stereocenters. The van der Waals surface area contributed by atoms with Gasteiger partial charge >= 0.3 is 5.97 Å². The lowest BCUT2D eigenvalue weighted by atomic mass is 9.71. The van der Waals surface area contributed by atoms with Gasteiger partial charge in [0.2, 0.25) is 5.91 Å². The van der Waals surface area contributed by atoms with Crippen LogP contribution >= 0.6 is 0 Å². The average Bonchev–Trinajstić information content (AvgIpc) is 2.71. The number of hydrogen-bond donors (Lipinski definition) is 2. The van der Waals surface area contributed by atoms with Crippen LogP contribution in [0.1, 0.15) is 30.4 Å². The summed E-state index contributed by atoms with van der Waals surface area (Å²) in [6.45, 7) is 0.333. The number of piperidine rings is 1. The highest BCUT2D eigenvalue weighted by Crippen LogP contribution is 2.36. The number of hydrogen-bond acceptors (Lipinski definition) is 3. The van der Waals surface area contributed by atoms with Gasteiger partial charge in [0, 0.05) is 19.5 Å². The molecular weight excluding hydrogens is 373 g/mol. The van der Waals surface area contributed by atoms with Crippen molar-refractivity contribution in [1.29, 1.82) is 0 Å². The average molecular weight is 399 g/mol. The highest BCUT2D eigenvalue weighted by molar-refractivity contribution is 5.79. The molecule has 1 saturated heterocycles. The summed E-state index contributed by atoms with van der Waals surface area (Å²) >= 11 is 0. The van der Waals surface area contributed by atoms with E-state index in [2.05, 4.69) is 0 Å². The first kappa shape index (κ1) is 21.0. The topological polar surface area (TPSA) is 77.8 Å². The van der Waals surface area contributed by atoms with Crippen LogP contribution in [0, 0.1) is 11.2 Å². The van der Waals surface area contributed by atoms with Crippen LogP contribution in [-0.4, -0.2) is 46.2 Å². The maximum absolute atomic E-state index is 12.9. The number of carbonyl (C=O) groups is 2. The number of nitrogens with zero attached hydrogens (tertiary/aromatic N) is 1. The fraction of sp³-hybridized carbons (Fsp3) is 0.391. The number of β-amino-alcohol motifs (C(OH)–C–C–N with tert-alkyl or cyclic N) is 1. The predicted molar refractivity (Wildman–Crippen MR) is 107 cm³/mol. The number of carboxylic acids is 1. The van der Waals surface area contributed by atoms with E-state index in [1.807, 2.05) is 30.3 Å². The number of carboxylic acid groups (broad SMARTS) is 1. The third-order valence-corrected chi connectivity index (χ3v) is 5.77. The van der Waals surface area contributed by atoms with Crippen molar-refractivity contribution < 1.29 is 24.2 Å². The quantitative estimate of drug-likeness (QED) is 0.750. The van der Waals surface area contributed by atoms with Crippen molar-refractivity contribution in [3.8, 4) is 0 Å². The molecule has 0 aliphatic carbocycles. The molecule has 2 aromatic rings. The Balaban J connectivity index is 1.56. The summed E-state index contributed by atoms with van der Waals surface area (Å²) in [4.78, 5) is 26.1. The minimum absolute atomic E-state index is 0.0223. The summed E-state index contributed by atoms with van der Waals surface area (Å²) in [7, 11) is 0. The molecule has 5 nitrogen and oxygen atoms in total. The first-order chi connectivity index (χ1) is 13.9. The predicted octanol–water partition coefficient (Wildman–Crippen LogP) is 3.06. The van der Waals surface area contributed by atoms with Crippen molar-refractivity contribution in [3.05, 3.63) is 71.5 Å².